The van der Waals surface area contributed by atoms with Crippen molar-refractivity contribution >= 4 is 0 Å². The molecule has 4 nitrogen and oxygen atoms in total. The molecule has 0 saturated heterocycles. The Morgan fingerprint density at radius 2 is 1.90 bits per heavy atom. The average molecular weight is 273 g/mol. The van der Waals surface area contributed by atoms with Crippen molar-refractivity contribution in [2.45, 2.75) is 26.8 Å². The average Bonchev–Trinajstić information content (AvgIpc) is 2.71. The molecule has 0 aliphatic carbocycles. The minimum Gasteiger partial charge on any atom is -0.496 e. The summed E-state index contributed by atoms with van der Waals surface area (Å²) in [6.07, 6.45) is 0. The first-order valence-corrected chi connectivity index (χ1v) is 6.80. The summed E-state index contributed by atoms with van der Waals surface area (Å²) < 4.78 is 7.51. The second kappa shape index (κ2) is 5.67. The van der Waals surface area contributed by atoms with Gasteiger partial charge in [0, 0.05) is 12.6 Å². The van der Waals surface area contributed by atoms with E-state index in [0.717, 1.165) is 17.1 Å². The van der Waals surface area contributed by atoms with Gasteiger partial charge in [0.1, 0.15) is 5.75 Å². The van der Waals surface area contributed by atoms with Crippen molar-refractivity contribution in [3.05, 3.63) is 46.3 Å². The van der Waals surface area contributed by atoms with Gasteiger partial charge in [0.15, 0.2) is 0 Å². The SMILES string of the molecule is CNC(c1c(C)cc(C)cc1OC)c1cc(C)nn1C. The van der Waals surface area contributed by atoms with Crippen LogP contribution in [0.2, 0.25) is 0 Å². The minimum absolute atomic E-state index is 0.0664. The van der Waals surface area contributed by atoms with E-state index in [2.05, 4.69) is 42.5 Å². The summed E-state index contributed by atoms with van der Waals surface area (Å²) in [6, 6.07) is 6.44. The smallest absolute Gasteiger partial charge is 0.124 e. The molecular formula is C16H23N3O. The first kappa shape index (κ1) is 14.6. The molecule has 1 heterocycles. The number of ether oxygens (including phenoxy) is 1. The van der Waals surface area contributed by atoms with Crippen molar-refractivity contribution in [3.63, 3.8) is 0 Å². The van der Waals surface area contributed by atoms with Gasteiger partial charge in [0.05, 0.1) is 24.5 Å². The lowest BCUT2D eigenvalue weighted by molar-refractivity contribution is 0.403. The normalized spacial score (nSPS) is 12.5. The molecule has 1 aromatic carbocycles. The van der Waals surface area contributed by atoms with E-state index in [1.54, 1.807) is 7.11 Å². The van der Waals surface area contributed by atoms with Gasteiger partial charge in [-0.25, -0.2) is 0 Å². The number of nitrogens with one attached hydrogen (secondary N) is 1. The number of methoxy groups -OCH3 is 1. The molecule has 20 heavy (non-hydrogen) atoms. The standard InChI is InChI=1S/C16H23N3O/c1-10-7-11(2)15(14(8-10)20-6)16(17-4)13-9-12(3)18-19(13)5/h7-9,16-17H,1-6H3. The predicted molar refractivity (Wildman–Crippen MR) is 81.3 cm³/mol. The molecular weight excluding hydrogens is 250 g/mol. The molecule has 2 aromatic rings. The number of rotatable bonds is 4. The fourth-order valence-corrected chi connectivity index (χ4v) is 2.82. The number of benzene rings is 1. The van der Waals surface area contributed by atoms with E-state index in [0.29, 0.717) is 0 Å². The zero-order valence-corrected chi connectivity index (χ0v) is 13.1. The number of hydrogen-bond donors (Lipinski definition) is 1. The lowest BCUT2D eigenvalue weighted by Gasteiger charge is -2.22. The first-order valence-electron chi connectivity index (χ1n) is 6.80. The van der Waals surface area contributed by atoms with Gasteiger partial charge in [-0.1, -0.05) is 6.07 Å². The van der Waals surface area contributed by atoms with E-state index < -0.39 is 0 Å². The fourth-order valence-electron chi connectivity index (χ4n) is 2.82. The van der Waals surface area contributed by atoms with Crippen LogP contribution in [0.1, 0.15) is 34.1 Å². The molecule has 0 spiro atoms. The molecule has 0 aliphatic heterocycles. The van der Waals surface area contributed by atoms with Crippen LogP contribution in [0.4, 0.5) is 0 Å². The number of aryl methyl sites for hydroxylation is 4. The quantitative estimate of drug-likeness (QED) is 0.931. The summed E-state index contributed by atoms with van der Waals surface area (Å²) in [6.45, 7) is 6.22. The van der Waals surface area contributed by atoms with Gasteiger partial charge >= 0.3 is 0 Å². The van der Waals surface area contributed by atoms with Crippen molar-refractivity contribution in [2.75, 3.05) is 14.2 Å². The van der Waals surface area contributed by atoms with Crippen LogP contribution >= 0.6 is 0 Å². The van der Waals surface area contributed by atoms with Crippen molar-refractivity contribution in [1.29, 1.82) is 0 Å². The first-order chi connectivity index (χ1) is 9.47. The molecule has 2 rings (SSSR count). The Bertz CT molecular complexity index is 616. The van der Waals surface area contributed by atoms with Gasteiger partial charge in [-0.2, -0.15) is 5.10 Å². The third-order valence-corrected chi connectivity index (χ3v) is 3.62. The highest BCUT2D eigenvalue weighted by Crippen LogP contribution is 2.33. The molecule has 0 aliphatic rings. The lowest BCUT2D eigenvalue weighted by atomic mass is 9.95. The molecule has 108 valence electrons. The molecule has 0 saturated carbocycles. The number of aromatic nitrogens is 2. The Kier molecular flexibility index (Phi) is 4.14. The van der Waals surface area contributed by atoms with E-state index in [1.807, 2.05) is 25.7 Å². The van der Waals surface area contributed by atoms with Gasteiger partial charge in [-0.3, -0.25) is 4.68 Å². The van der Waals surface area contributed by atoms with Crippen molar-refractivity contribution in [1.82, 2.24) is 15.1 Å². The van der Waals surface area contributed by atoms with Crippen LogP contribution in [-0.4, -0.2) is 23.9 Å². The minimum atomic E-state index is 0.0664. The molecule has 0 fully saturated rings. The van der Waals surface area contributed by atoms with Gasteiger partial charge in [0.25, 0.3) is 0 Å². The van der Waals surface area contributed by atoms with Crippen LogP contribution in [0, 0.1) is 20.8 Å². The molecule has 0 radical (unpaired) electrons. The largest absolute Gasteiger partial charge is 0.496 e. The van der Waals surface area contributed by atoms with Gasteiger partial charge < -0.3 is 10.1 Å². The predicted octanol–water partition coefficient (Wildman–Crippen LogP) is 2.66. The molecule has 0 amide bonds. The monoisotopic (exact) mass is 273 g/mol. The highest BCUT2D eigenvalue weighted by molar-refractivity contribution is 5.47. The second-order valence-corrected chi connectivity index (χ2v) is 5.25. The van der Waals surface area contributed by atoms with Gasteiger partial charge in [-0.15, -0.1) is 0 Å². The Balaban J connectivity index is 2.60. The molecule has 1 unspecified atom stereocenters. The molecule has 1 aromatic heterocycles. The van der Waals surface area contributed by atoms with Crippen LogP contribution < -0.4 is 10.1 Å². The Labute approximate surface area is 120 Å². The third-order valence-electron chi connectivity index (χ3n) is 3.62. The van der Waals surface area contributed by atoms with Gasteiger partial charge in [-0.05, 0) is 51.1 Å². The maximum Gasteiger partial charge on any atom is 0.124 e. The summed E-state index contributed by atoms with van der Waals surface area (Å²) in [5, 5.41) is 7.83. The van der Waals surface area contributed by atoms with Crippen molar-refractivity contribution in [2.24, 2.45) is 7.05 Å². The highest BCUT2D eigenvalue weighted by Gasteiger charge is 2.22. The summed E-state index contributed by atoms with van der Waals surface area (Å²) in [5.41, 5.74) is 5.75. The molecule has 4 heteroatoms. The lowest BCUT2D eigenvalue weighted by Crippen LogP contribution is -2.22. The summed E-state index contributed by atoms with van der Waals surface area (Å²) >= 11 is 0. The van der Waals surface area contributed by atoms with Crippen molar-refractivity contribution < 1.29 is 4.74 Å². The van der Waals surface area contributed by atoms with Crippen LogP contribution in [0.3, 0.4) is 0 Å². The molecule has 0 bridgehead atoms. The Hall–Kier alpha value is -1.81. The molecule has 1 N–H and O–H groups in total. The number of hydrogen-bond acceptors (Lipinski definition) is 3. The maximum absolute atomic E-state index is 5.59. The summed E-state index contributed by atoms with van der Waals surface area (Å²) in [4.78, 5) is 0. The fraction of sp³-hybridized carbons (Fsp3) is 0.438. The van der Waals surface area contributed by atoms with E-state index in [9.17, 15) is 0 Å². The van der Waals surface area contributed by atoms with Crippen LogP contribution in [0.5, 0.6) is 5.75 Å². The highest BCUT2D eigenvalue weighted by atomic mass is 16.5. The summed E-state index contributed by atoms with van der Waals surface area (Å²) in [5.74, 6) is 0.917. The van der Waals surface area contributed by atoms with Crippen LogP contribution in [0.25, 0.3) is 0 Å². The topological polar surface area (TPSA) is 39.1 Å². The second-order valence-electron chi connectivity index (χ2n) is 5.25. The zero-order valence-electron chi connectivity index (χ0n) is 13.1. The van der Waals surface area contributed by atoms with Gasteiger partial charge in [0.2, 0.25) is 0 Å². The Morgan fingerprint density at radius 1 is 1.20 bits per heavy atom. The molecule has 1 atom stereocenters. The van der Waals surface area contributed by atoms with Crippen LogP contribution in [-0.2, 0) is 7.05 Å². The summed E-state index contributed by atoms with van der Waals surface area (Å²) in [7, 11) is 5.66. The van der Waals surface area contributed by atoms with E-state index in [-0.39, 0.29) is 6.04 Å². The number of nitrogens with zero attached hydrogens (tertiary/aromatic N) is 2. The van der Waals surface area contributed by atoms with Crippen LogP contribution in [0.15, 0.2) is 18.2 Å². The van der Waals surface area contributed by atoms with E-state index in [1.165, 1.54) is 16.7 Å². The Morgan fingerprint density at radius 3 is 2.40 bits per heavy atom. The third kappa shape index (κ3) is 2.56. The van der Waals surface area contributed by atoms with E-state index in [4.69, 9.17) is 4.74 Å². The van der Waals surface area contributed by atoms with Crippen molar-refractivity contribution in [3.8, 4) is 5.75 Å². The maximum atomic E-state index is 5.59. The van der Waals surface area contributed by atoms with E-state index >= 15 is 0 Å². The zero-order chi connectivity index (χ0) is 14.9.